The zero-order valence-electron chi connectivity index (χ0n) is 12.5. The normalized spacial score (nSPS) is 28.7. The predicted octanol–water partition coefficient (Wildman–Crippen LogP) is 3.67. The molecule has 114 valence electrons. The first-order valence-electron chi connectivity index (χ1n) is 8.11. The van der Waals surface area contributed by atoms with Gasteiger partial charge in [0, 0.05) is 6.61 Å². The summed E-state index contributed by atoms with van der Waals surface area (Å²) >= 11 is 0. The molecule has 3 heteroatoms. The van der Waals surface area contributed by atoms with Gasteiger partial charge in [0.15, 0.2) is 0 Å². The molecule has 1 saturated heterocycles. The van der Waals surface area contributed by atoms with E-state index in [1.165, 1.54) is 5.56 Å². The molecule has 0 amide bonds. The molecule has 3 nitrogen and oxygen atoms in total. The second-order valence-electron chi connectivity index (χ2n) is 6.53. The van der Waals surface area contributed by atoms with Gasteiger partial charge in [-0.25, -0.2) is 0 Å². The molecule has 1 heterocycles. The summed E-state index contributed by atoms with van der Waals surface area (Å²) in [5.41, 5.74) is 0.723. The fourth-order valence-corrected chi connectivity index (χ4v) is 3.67. The molecule has 2 unspecified atom stereocenters. The average Bonchev–Trinajstić information content (AvgIpc) is 3.25. The van der Waals surface area contributed by atoms with E-state index < -0.39 is 11.4 Å². The molecule has 1 saturated carbocycles. The monoisotopic (exact) mass is 288 g/mol. The molecule has 0 aromatic heterocycles. The van der Waals surface area contributed by atoms with Crippen molar-refractivity contribution in [3.05, 3.63) is 35.9 Å². The highest BCUT2D eigenvalue weighted by molar-refractivity contribution is 5.76. The van der Waals surface area contributed by atoms with Crippen LogP contribution in [-0.2, 0) is 16.0 Å². The SMILES string of the molecule is O=C(O)C1(CCCCc2ccccc2)CCOC1C1CC1. The van der Waals surface area contributed by atoms with Crippen molar-refractivity contribution in [2.45, 2.75) is 51.0 Å². The lowest BCUT2D eigenvalue weighted by Gasteiger charge is -2.30. The van der Waals surface area contributed by atoms with Crippen LogP contribution in [0, 0.1) is 11.3 Å². The summed E-state index contributed by atoms with van der Waals surface area (Å²) in [7, 11) is 0. The molecule has 1 aliphatic heterocycles. The van der Waals surface area contributed by atoms with E-state index in [-0.39, 0.29) is 6.10 Å². The fourth-order valence-electron chi connectivity index (χ4n) is 3.67. The molecule has 2 atom stereocenters. The third-order valence-electron chi connectivity index (χ3n) is 5.05. The van der Waals surface area contributed by atoms with Gasteiger partial charge in [0.25, 0.3) is 0 Å². The number of aryl methyl sites for hydroxylation is 1. The van der Waals surface area contributed by atoms with Gasteiger partial charge < -0.3 is 9.84 Å². The van der Waals surface area contributed by atoms with E-state index in [2.05, 4.69) is 24.3 Å². The predicted molar refractivity (Wildman–Crippen MR) is 81.1 cm³/mol. The van der Waals surface area contributed by atoms with Gasteiger partial charge in [-0.05, 0) is 50.0 Å². The summed E-state index contributed by atoms with van der Waals surface area (Å²) in [6.45, 7) is 0.617. The lowest BCUT2D eigenvalue weighted by Crippen LogP contribution is -2.40. The Balaban J connectivity index is 1.55. The molecular weight excluding hydrogens is 264 g/mol. The highest BCUT2D eigenvalue weighted by atomic mass is 16.5. The third kappa shape index (κ3) is 3.13. The van der Waals surface area contributed by atoms with Crippen LogP contribution in [0.2, 0.25) is 0 Å². The van der Waals surface area contributed by atoms with E-state index in [0.29, 0.717) is 18.9 Å². The van der Waals surface area contributed by atoms with Crippen molar-refractivity contribution >= 4 is 5.97 Å². The van der Waals surface area contributed by atoms with Crippen LogP contribution >= 0.6 is 0 Å². The Labute approximate surface area is 126 Å². The standard InChI is InChI=1S/C18H24O3/c19-17(20)18(12-13-21-16(18)15-9-10-15)11-5-4-8-14-6-2-1-3-7-14/h1-3,6-7,15-16H,4-5,8-13H2,(H,19,20). The Morgan fingerprint density at radius 3 is 2.67 bits per heavy atom. The number of carboxylic acids is 1. The topological polar surface area (TPSA) is 46.5 Å². The number of hydrogen-bond acceptors (Lipinski definition) is 2. The van der Waals surface area contributed by atoms with Crippen LogP contribution < -0.4 is 0 Å². The molecule has 21 heavy (non-hydrogen) atoms. The first kappa shape index (κ1) is 14.6. The van der Waals surface area contributed by atoms with E-state index >= 15 is 0 Å². The maximum Gasteiger partial charge on any atom is 0.312 e. The van der Waals surface area contributed by atoms with Gasteiger partial charge in [0.05, 0.1) is 11.5 Å². The number of benzene rings is 1. The minimum absolute atomic E-state index is 0.0354. The largest absolute Gasteiger partial charge is 0.481 e. The summed E-state index contributed by atoms with van der Waals surface area (Å²) in [4.78, 5) is 11.9. The van der Waals surface area contributed by atoms with Crippen molar-refractivity contribution in [3.63, 3.8) is 0 Å². The molecule has 1 aromatic carbocycles. The maximum atomic E-state index is 11.9. The van der Waals surface area contributed by atoms with E-state index in [9.17, 15) is 9.90 Å². The molecule has 2 fully saturated rings. The van der Waals surface area contributed by atoms with Crippen molar-refractivity contribution < 1.29 is 14.6 Å². The summed E-state index contributed by atoms with van der Waals surface area (Å²) in [6.07, 6.45) is 6.75. The molecule has 0 bridgehead atoms. The molecule has 1 N–H and O–H groups in total. The van der Waals surface area contributed by atoms with Gasteiger partial charge in [-0.15, -0.1) is 0 Å². The first-order valence-corrected chi connectivity index (χ1v) is 8.11. The molecule has 3 rings (SSSR count). The van der Waals surface area contributed by atoms with E-state index in [0.717, 1.165) is 38.5 Å². The minimum Gasteiger partial charge on any atom is -0.481 e. The minimum atomic E-state index is -0.642. The highest BCUT2D eigenvalue weighted by Crippen LogP contribution is 2.50. The summed E-state index contributed by atoms with van der Waals surface area (Å²) < 4.78 is 5.79. The van der Waals surface area contributed by atoms with Crippen molar-refractivity contribution in [3.8, 4) is 0 Å². The molecule has 0 spiro atoms. The quantitative estimate of drug-likeness (QED) is 0.779. The van der Waals surface area contributed by atoms with Crippen LogP contribution in [0.25, 0.3) is 0 Å². The molecule has 1 aromatic rings. The highest BCUT2D eigenvalue weighted by Gasteiger charge is 2.55. The van der Waals surface area contributed by atoms with Crippen LogP contribution in [0.1, 0.15) is 44.1 Å². The van der Waals surface area contributed by atoms with Gasteiger partial charge in [-0.2, -0.15) is 0 Å². The lowest BCUT2D eigenvalue weighted by atomic mass is 9.74. The number of aliphatic carboxylic acids is 1. The summed E-state index contributed by atoms with van der Waals surface area (Å²) in [5.74, 6) is -0.144. The summed E-state index contributed by atoms with van der Waals surface area (Å²) in [6, 6.07) is 10.4. The van der Waals surface area contributed by atoms with E-state index in [1.54, 1.807) is 0 Å². The Hall–Kier alpha value is -1.35. The Morgan fingerprint density at radius 2 is 2.00 bits per heavy atom. The number of carboxylic acid groups (broad SMARTS) is 1. The van der Waals surface area contributed by atoms with Crippen molar-refractivity contribution in [1.82, 2.24) is 0 Å². The van der Waals surface area contributed by atoms with Crippen molar-refractivity contribution in [2.75, 3.05) is 6.61 Å². The number of ether oxygens (including phenoxy) is 1. The van der Waals surface area contributed by atoms with Crippen LogP contribution in [0.15, 0.2) is 30.3 Å². The van der Waals surface area contributed by atoms with Crippen LogP contribution in [0.5, 0.6) is 0 Å². The molecule has 2 aliphatic rings. The van der Waals surface area contributed by atoms with Crippen LogP contribution in [0.4, 0.5) is 0 Å². The van der Waals surface area contributed by atoms with Crippen LogP contribution in [-0.4, -0.2) is 23.8 Å². The second kappa shape index (κ2) is 6.18. The van der Waals surface area contributed by atoms with Crippen LogP contribution in [0.3, 0.4) is 0 Å². The Bertz CT molecular complexity index is 480. The maximum absolute atomic E-state index is 11.9. The number of carbonyl (C=O) groups is 1. The number of hydrogen-bond donors (Lipinski definition) is 1. The third-order valence-corrected chi connectivity index (χ3v) is 5.05. The van der Waals surface area contributed by atoms with Crippen molar-refractivity contribution in [1.29, 1.82) is 0 Å². The first-order chi connectivity index (χ1) is 10.2. The Morgan fingerprint density at radius 1 is 1.24 bits per heavy atom. The fraction of sp³-hybridized carbons (Fsp3) is 0.611. The Kier molecular flexibility index (Phi) is 4.29. The zero-order chi connectivity index (χ0) is 14.7. The number of rotatable bonds is 7. The van der Waals surface area contributed by atoms with Gasteiger partial charge in [0.1, 0.15) is 0 Å². The van der Waals surface area contributed by atoms with Gasteiger partial charge >= 0.3 is 5.97 Å². The van der Waals surface area contributed by atoms with Gasteiger partial charge in [0.2, 0.25) is 0 Å². The molecular formula is C18H24O3. The lowest BCUT2D eigenvalue weighted by molar-refractivity contribution is -0.154. The molecule has 1 aliphatic carbocycles. The summed E-state index contributed by atoms with van der Waals surface area (Å²) in [5, 5.41) is 9.75. The van der Waals surface area contributed by atoms with E-state index in [1.807, 2.05) is 6.07 Å². The van der Waals surface area contributed by atoms with Gasteiger partial charge in [-0.3, -0.25) is 4.79 Å². The number of unbranched alkanes of at least 4 members (excludes halogenated alkanes) is 1. The van der Waals surface area contributed by atoms with E-state index in [4.69, 9.17) is 4.74 Å². The average molecular weight is 288 g/mol. The second-order valence-corrected chi connectivity index (χ2v) is 6.53. The zero-order valence-corrected chi connectivity index (χ0v) is 12.5. The van der Waals surface area contributed by atoms with Crippen molar-refractivity contribution in [2.24, 2.45) is 11.3 Å². The van der Waals surface area contributed by atoms with Gasteiger partial charge in [-0.1, -0.05) is 36.8 Å². The molecule has 0 radical (unpaired) electrons. The smallest absolute Gasteiger partial charge is 0.312 e.